The Balaban J connectivity index is 1.45. The number of hydrogen-bond donors (Lipinski definition) is 0. The van der Waals surface area contributed by atoms with Crippen LogP contribution < -0.4 is 9.80 Å². The highest BCUT2D eigenvalue weighted by molar-refractivity contribution is 5.55. The van der Waals surface area contributed by atoms with Crippen molar-refractivity contribution >= 4 is 11.6 Å². The maximum atomic E-state index is 12.7. The Kier molecular flexibility index (Phi) is 3.94. The van der Waals surface area contributed by atoms with E-state index in [2.05, 4.69) is 20.9 Å². The van der Waals surface area contributed by atoms with Gasteiger partial charge >= 0.3 is 6.18 Å². The summed E-state index contributed by atoms with van der Waals surface area (Å²) in [7, 11) is 0. The predicted molar refractivity (Wildman–Crippen MR) is 89.6 cm³/mol. The molecule has 4 rings (SSSR count). The highest BCUT2D eigenvalue weighted by Gasteiger charge is 2.41. The van der Waals surface area contributed by atoms with Crippen LogP contribution in [-0.4, -0.2) is 36.1 Å². The molecule has 0 aromatic carbocycles. The lowest BCUT2D eigenvalue weighted by atomic mass is 10.0. The molecule has 2 fully saturated rings. The average Bonchev–Trinajstić information content (AvgIpc) is 3.20. The molecule has 0 N–H and O–H groups in total. The molecule has 2 atom stereocenters. The first-order valence-electron chi connectivity index (χ1n) is 8.34. The quantitative estimate of drug-likeness (QED) is 0.825. The first kappa shape index (κ1) is 16.6. The minimum atomic E-state index is -4.37. The molecule has 2 saturated heterocycles. The van der Waals surface area contributed by atoms with Gasteiger partial charge in [-0.3, -0.25) is 0 Å². The van der Waals surface area contributed by atoms with Gasteiger partial charge in [0.15, 0.2) is 0 Å². The summed E-state index contributed by atoms with van der Waals surface area (Å²) >= 11 is 0. The van der Waals surface area contributed by atoms with Crippen molar-refractivity contribution in [3.05, 3.63) is 47.8 Å². The van der Waals surface area contributed by atoms with E-state index in [9.17, 15) is 18.4 Å². The Morgan fingerprint density at radius 3 is 2.27 bits per heavy atom. The molecular weight excluding hydrogens is 343 g/mol. The maximum absolute atomic E-state index is 12.7. The van der Waals surface area contributed by atoms with Gasteiger partial charge in [0.25, 0.3) is 0 Å². The number of pyridine rings is 2. The van der Waals surface area contributed by atoms with Gasteiger partial charge in [-0.1, -0.05) is 0 Å². The summed E-state index contributed by atoms with van der Waals surface area (Å²) in [4.78, 5) is 12.5. The fourth-order valence-electron chi connectivity index (χ4n) is 3.83. The van der Waals surface area contributed by atoms with Gasteiger partial charge in [-0.25, -0.2) is 9.97 Å². The van der Waals surface area contributed by atoms with E-state index in [1.54, 1.807) is 18.3 Å². The van der Waals surface area contributed by atoms with Crippen LogP contribution in [0, 0.1) is 23.2 Å². The van der Waals surface area contributed by atoms with Crippen LogP contribution in [0.3, 0.4) is 0 Å². The van der Waals surface area contributed by atoms with E-state index in [1.165, 1.54) is 6.07 Å². The Hall–Kier alpha value is -2.82. The number of rotatable bonds is 2. The summed E-state index contributed by atoms with van der Waals surface area (Å²) in [6.07, 6.45) is -1.79. The van der Waals surface area contributed by atoms with Crippen molar-refractivity contribution in [2.75, 3.05) is 36.0 Å². The smallest absolute Gasteiger partial charge is 0.356 e. The van der Waals surface area contributed by atoms with Crippen LogP contribution in [0.25, 0.3) is 0 Å². The molecule has 4 heterocycles. The topological polar surface area (TPSA) is 56.1 Å². The third kappa shape index (κ3) is 2.94. The van der Waals surface area contributed by atoms with Crippen molar-refractivity contribution in [1.82, 2.24) is 9.97 Å². The molecule has 2 aromatic rings. The monoisotopic (exact) mass is 359 g/mol. The second-order valence-corrected chi connectivity index (χ2v) is 6.72. The molecule has 0 bridgehead atoms. The van der Waals surface area contributed by atoms with E-state index in [0.29, 0.717) is 29.0 Å². The van der Waals surface area contributed by atoms with Crippen molar-refractivity contribution in [1.29, 1.82) is 5.26 Å². The molecule has 0 saturated carbocycles. The van der Waals surface area contributed by atoms with Crippen molar-refractivity contribution in [2.24, 2.45) is 11.8 Å². The van der Waals surface area contributed by atoms with Crippen LogP contribution >= 0.6 is 0 Å². The van der Waals surface area contributed by atoms with E-state index in [1.807, 2.05) is 4.90 Å². The van der Waals surface area contributed by atoms with Gasteiger partial charge in [0, 0.05) is 50.4 Å². The van der Waals surface area contributed by atoms with Crippen LogP contribution in [0.5, 0.6) is 0 Å². The van der Waals surface area contributed by atoms with Gasteiger partial charge in [0.05, 0.1) is 11.1 Å². The van der Waals surface area contributed by atoms with Crippen LogP contribution in [0.15, 0.2) is 36.7 Å². The maximum Gasteiger partial charge on any atom is 0.417 e. The predicted octanol–water partition coefficient (Wildman–Crippen LogP) is 2.94. The third-order valence-electron chi connectivity index (χ3n) is 5.09. The molecule has 0 amide bonds. The number of halogens is 3. The number of nitriles is 1. The second-order valence-electron chi connectivity index (χ2n) is 6.72. The molecule has 2 unspecified atom stereocenters. The Labute approximate surface area is 148 Å². The molecule has 5 nitrogen and oxygen atoms in total. The van der Waals surface area contributed by atoms with Crippen molar-refractivity contribution in [3.63, 3.8) is 0 Å². The highest BCUT2D eigenvalue weighted by Crippen LogP contribution is 2.36. The molecule has 0 radical (unpaired) electrons. The summed E-state index contributed by atoms with van der Waals surface area (Å²) in [5, 5.41) is 9.24. The lowest BCUT2D eigenvalue weighted by molar-refractivity contribution is -0.137. The summed E-state index contributed by atoms with van der Waals surface area (Å²) in [6, 6.07) is 8.20. The Bertz CT molecular complexity index is 829. The summed E-state index contributed by atoms with van der Waals surface area (Å²) in [6.45, 7) is 3.06. The number of hydrogen-bond acceptors (Lipinski definition) is 5. The van der Waals surface area contributed by atoms with E-state index in [-0.39, 0.29) is 0 Å². The van der Waals surface area contributed by atoms with E-state index < -0.39 is 11.7 Å². The standard InChI is InChI=1S/C18H16F3N5/c19-18(20,21)15-3-4-16(24-7-15)25-8-13-10-26(11-14(13)9-25)17-12(6-22)2-1-5-23-17/h1-5,7,13-14H,8-11H2. The van der Waals surface area contributed by atoms with Gasteiger partial charge in [0.2, 0.25) is 0 Å². The van der Waals surface area contributed by atoms with Crippen molar-refractivity contribution in [3.8, 4) is 6.07 Å². The van der Waals surface area contributed by atoms with E-state index in [0.717, 1.165) is 38.4 Å². The third-order valence-corrected chi connectivity index (χ3v) is 5.09. The van der Waals surface area contributed by atoms with Crippen LogP contribution in [-0.2, 0) is 6.18 Å². The molecule has 8 heteroatoms. The van der Waals surface area contributed by atoms with E-state index >= 15 is 0 Å². The van der Waals surface area contributed by atoms with Gasteiger partial charge in [-0.2, -0.15) is 18.4 Å². The second kappa shape index (κ2) is 6.16. The van der Waals surface area contributed by atoms with Crippen LogP contribution in [0.2, 0.25) is 0 Å². The Morgan fingerprint density at radius 1 is 1.00 bits per heavy atom. The summed E-state index contributed by atoms with van der Waals surface area (Å²) in [5.74, 6) is 2.05. The Morgan fingerprint density at radius 2 is 1.69 bits per heavy atom. The van der Waals surface area contributed by atoms with Gasteiger partial charge in [-0.05, 0) is 24.3 Å². The van der Waals surface area contributed by atoms with Gasteiger partial charge in [-0.15, -0.1) is 0 Å². The zero-order valence-corrected chi connectivity index (χ0v) is 13.8. The van der Waals surface area contributed by atoms with Crippen LogP contribution in [0.1, 0.15) is 11.1 Å². The number of nitrogens with zero attached hydrogens (tertiary/aromatic N) is 5. The van der Waals surface area contributed by atoms with Crippen molar-refractivity contribution < 1.29 is 13.2 Å². The molecule has 2 aromatic heterocycles. The summed E-state index contributed by atoms with van der Waals surface area (Å²) in [5.41, 5.74) is -0.167. The lowest BCUT2D eigenvalue weighted by Crippen LogP contribution is -2.30. The number of alkyl halides is 3. The number of fused-ring (bicyclic) bond motifs is 1. The van der Waals surface area contributed by atoms with E-state index in [4.69, 9.17) is 0 Å². The molecule has 0 aliphatic carbocycles. The lowest BCUT2D eigenvalue weighted by Gasteiger charge is -2.23. The largest absolute Gasteiger partial charge is 0.417 e. The van der Waals surface area contributed by atoms with Crippen molar-refractivity contribution in [2.45, 2.75) is 6.18 Å². The number of aromatic nitrogens is 2. The molecule has 0 spiro atoms. The fourth-order valence-corrected chi connectivity index (χ4v) is 3.83. The zero-order chi connectivity index (χ0) is 18.3. The first-order valence-corrected chi connectivity index (χ1v) is 8.34. The van der Waals surface area contributed by atoms with Crippen LogP contribution in [0.4, 0.5) is 24.8 Å². The summed E-state index contributed by atoms with van der Waals surface area (Å²) < 4.78 is 38.0. The van der Waals surface area contributed by atoms with Gasteiger partial charge < -0.3 is 9.80 Å². The highest BCUT2D eigenvalue weighted by atomic mass is 19.4. The molecule has 26 heavy (non-hydrogen) atoms. The minimum Gasteiger partial charge on any atom is -0.356 e. The SMILES string of the molecule is N#Cc1cccnc1N1CC2CN(c3ccc(C(F)(F)F)cn3)CC2C1. The first-order chi connectivity index (χ1) is 12.5. The average molecular weight is 359 g/mol. The zero-order valence-electron chi connectivity index (χ0n) is 13.8. The fraction of sp³-hybridized carbons (Fsp3) is 0.389. The molecular formula is C18H16F3N5. The van der Waals surface area contributed by atoms with Gasteiger partial charge in [0.1, 0.15) is 17.7 Å². The normalized spacial score (nSPS) is 22.4. The molecule has 2 aliphatic heterocycles. The molecule has 2 aliphatic rings. The molecule has 134 valence electrons. The minimum absolute atomic E-state index is 0.382. The number of anilines is 2.